The molecule has 4 rings (SSSR count). The molecule has 3 heterocycles. The molecule has 2 N–H and O–H groups in total. The smallest absolute Gasteiger partial charge is 0.263 e. The van der Waals surface area contributed by atoms with Crippen molar-refractivity contribution in [2.45, 2.75) is 0 Å². The van der Waals surface area contributed by atoms with E-state index in [1.807, 2.05) is 29.6 Å². The number of aromatic nitrogens is 4. The molecule has 3 aromatic heterocycles. The summed E-state index contributed by atoms with van der Waals surface area (Å²) in [7, 11) is 1.76. The Kier molecular flexibility index (Phi) is 3.20. The second-order valence-electron chi connectivity index (χ2n) is 5.10. The molecular weight excluding hydrogens is 310 g/mol. The monoisotopic (exact) mass is 323 g/mol. The molecule has 7 heteroatoms. The van der Waals surface area contributed by atoms with E-state index in [1.54, 1.807) is 23.1 Å². The highest BCUT2D eigenvalue weighted by atomic mass is 32.1. The number of benzene rings is 1. The van der Waals surface area contributed by atoms with Crippen molar-refractivity contribution < 1.29 is 0 Å². The van der Waals surface area contributed by atoms with Crippen LogP contribution in [-0.4, -0.2) is 19.7 Å². The first-order valence-electron chi connectivity index (χ1n) is 7.04. The highest BCUT2D eigenvalue weighted by Gasteiger charge is 2.08. The zero-order valence-electron chi connectivity index (χ0n) is 12.3. The van der Waals surface area contributed by atoms with E-state index in [4.69, 9.17) is 0 Å². The number of rotatable bonds is 3. The van der Waals surface area contributed by atoms with E-state index in [1.165, 1.54) is 11.1 Å². The molecule has 0 aliphatic heterocycles. The SMILES string of the molecule is Cn1ncc2c(=O)[nH]c(Nc3cccc(-c4cccs4)c3)nc21. The minimum atomic E-state index is -0.208. The summed E-state index contributed by atoms with van der Waals surface area (Å²) in [6, 6.07) is 12.1. The molecule has 0 amide bonds. The van der Waals surface area contributed by atoms with Gasteiger partial charge in [-0.2, -0.15) is 10.1 Å². The maximum atomic E-state index is 12.1. The van der Waals surface area contributed by atoms with E-state index in [-0.39, 0.29) is 5.56 Å². The summed E-state index contributed by atoms with van der Waals surface area (Å²) < 4.78 is 1.58. The van der Waals surface area contributed by atoms with E-state index < -0.39 is 0 Å². The predicted octanol–water partition coefficient (Wildman–Crippen LogP) is 3.13. The Morgan fingerprint density at radius 3 is 3.00 bits per heavy atom. The predicted molar refractivity (Wildman–Crippen MR) is 92.2 cm³/mol. The first kappa shape index (κ1) is 13.7. The third kappa shape index (κ3) is 2.51. The molecule has 0 fully saturated rings. The summed E-state index contributed by atoms with van der Waals surface area (Å²) in [5, 5.41) is 9.74. The van der Waals surface area contributed by atoms with Gasteiger partial charge in [0.25, 0.3) is 5.56 Å². The van der Waals surface area contributed by atoms with Gasteiger partial charge in [0.05, 0.1) is 6.20 Å². The summed E-state index contributed by atoms with van der Waals surface area (Å²) in [5.74, 6) is 0.398. The molecule has 0 bridgehead atoms. The third-order valence-electron chi connectivity index (χ3n) is 3.53. The number of hydrogen-bond donors (Lipinski definition) is 2. The number of hydrogen-bond acceptors (Lipinski definition) is 5. The normalized spacial score (nSPS) is 11.0. The van der Waals surface area contributed by atoms with E-state index in [0.29, 0.717) is 17.0 Å². The number of nitrogens with zero attached hydrogens (tertiary/aromatic N) is 3. The van der Waals surface area contributed by atoms with Gasteiger partial charge >= 0.3 is 0 Å². The number of anilines is 2. The van der Waals surface area contributed by atoms with E-state index >= 15 is 0 Å². The topological polar surface area (TPSA) is 75.6 Å². The van der Waals surface area contributed by atoms with Crippen molar-refractivity contribution in [3.05, 3.63) is 58.3 Å². The average Bonchev–Trinajstić information content (AvgIpc) is 3.19. The second kappa shape index (κ2) is 5.36. The second-order valence-corrected chi connectivity index (χ2v) is 6.05. The zero-order valence-corrected chi connectivity index (χ0v) is 13.1. The molecule has 114 valence electrons. The van der Waals surface area contributed by atoms with Crippen LogP contribution in [0.5, 0.6) is 0 Å². The van der Waals surface area contributed by atoms with Crippen molar-refractivity contribution in [3.63, 3.8) is 0 Å². The minimum Gasteiger partial charge on any atom is -0.326 e. The Bertz CT molecular complexity index is 1030. The number of H-pyrrole nitrogens is 1. The number of aromatic amines is 1. The summed E-state index contributed by atoms with van der Waals surface area (Å²) in [6.45, 7) is 0. The van der Waals surface area contributed by atoms with Crippen molar-refractivity contribution in [3.8, 4) is 10.4 Å². The van der Waals surface area contributed by atoms with Gasteiger partial charge in [-0.1, -0.05) is 18.2 Å². The zero-order chi connectivity index (χ0) is 15.8. The van der Waals surface area contributed by atoms with Crippen molar-refractivity contribution in [2.24, 2.45) is 7.05 Å². The van der Waals surface area contributed by atoms with Gasteiger partial charge in [0.1, 0.15) is 5.39 Å². The molecule has 0 radical (unpaired) electrons. The first-order chi connectivity index (χ1) is 11.2. The van der Waals surface area contributed by atoms with Gasteiger partial charge in [0, 0.05) is 17.6 Å². The van der Waals surface area contributed by atoms with Gasteiger partial charge in [-0.05, 0) is 29.1 Å². The molecule has 1 aromatic carbocycles. The van der Waals surface area contributed by atoms with E-state index in [2.05, 4.69) is 32.5 Å². The standard InChI is InChI=1S/C16H13N5OS/c1-21-14-12(9-17-21)15(22)20-16(19-14)18-11-5-2-4-10(8-11)13-6-3-7-23-13/h2-9H,1H3,(H2,18,19,20,22). The fourth-order valence-electron chi connectivity index (χ4n) is 2.42. The number of nitrogens with one attached hydrogen (secondary N) is 2. The third-order valence-corrected chi connectivity index (χ3v) is 4.45. The highest BCUT2D eigenvalue weighted by Crippen LogP contribution is 2.27. The van der Waals surface area contributed by atoms with Crippen LogP contribution in [0.2, 0.25) is 0 Å². The Morgan fingerprint density at radius 2 is 2.17 bits per heavy atom. The molecule has 0 saturated carbocycles. The van der Waals surface area contributed by atoms with Gasteiger partial charge in [0.15, 0.2) is 5.65 Å². The number of aryl methyl sites for hydroxylation is 1. The van der Waals surface area contributed by atoms with Gasteiger partial charge in [-0.3, -0.25) is 14.5 Å². The lowest BCUT2D eigenvalue weighted by molar-refractivity contribution is 0.786. The number of fused-ring (bicyclic) bond motifs is 1. The highest BCUT2D eigenvalue weighted by molar-refractivity contribution is 7.13. The van der Waals surface area contributed by atoms with Gasteiger partial charge in [0.2, 0.25) is 5.95 Å². The summed E-state index contributed by atoms with van der Waals surface area (Å²) >= 11 is 1.69. The van der Waals surface area contributed by atoms with Crippen LogP contribution in [0.1, 0.15) is 0 Å². The quantitative estimate of drug-likeness (QED) is 0.607. The maximum absolute atomic E-state index is 12.1. The van der Waals surface area contributed by atoms with Crippen LogP contribution in [0.15, 0.2) is 52.8 Å². The molecule has 0 atom stereocenters. The average molecular weight is 323 g/mol. The fourth-order valence-corrected chi connectivity index (χ4v) is 3.15. The summed E-state index contributed by atoms with van der Waals surface area (Å²) in [5.41, 5.74) is 2.32. The maximum Gasteiger partial charge on any atom is 0.263 e. The van der Waals surface area contributed by atoms with Crippen molar-refractivity contribution in [1.29, 1.82) is 0 Å². The Balaban J connectivity index is 1.72. The van der Waals surface area contributed by atoms with Crippen LogP contribution in [-0.2, 0) is 7.05 Å². The largest absolute Gasteiger partial charge is 0.326 e. The van der Waals surface area contributed by atoms with Crippen molar-refractivity contribution in [1.82, 2.24) is 19.7 Å². The first-order valence-corrected chi connectivity index (χ1v) is 7.92. The molecule has 4 aromatic rings. The fraction of sp³-hybridized carbons (Fsp3) is 0.0625. The van der Waals surface area contributed by atoms with Crippen LogP contribution < -0.4 is 10.9 Å². The van der Waals surface area contributed by atoms with Crippen LogP contribution in [0.25, 0.3) is 21.5 Å². The van der Waals surface area contributed by atoms with Gasteiger partial charge in [-0.15, -0.1) is 11.3 Å². The summed E-state index contributed by atoms with van der Waals surface area (Å²) in [6.07, 6.45) is 1.52. The summed E-state index contributed by atoms with van der Waals surface area (Å²) in [4.78, 5) is 20.4. The lowest BCUT2D eigenvalue weighted by Crippen LogP contribution is -2.11. The Hall–Kier alpha value is -2.93. The van der Waals surface area contributed by atoms with Gasteiger partial charge in [-0.25, -0.2) is 0 Å². The molecule has 0 unspecified atom stereocenters. The van der Waals surface area contributed by atoms with Crippen molar-refractivity contribution in [2.75, 3.05) is 5.32 Å². The van der Waals surface area contributed by atoms with Crippen LogP contribution in [0.3, 0.4) is 0 Å². The van der Waals surface area contributed by atoms with Crippen LogP contribution in [0.4, 0.5) is 11.6 Å². The Labute approximate surface area is 135 Å². The molecule has 0 aliphatic carbocycles. The Morgan fingerprint density at radius 1 is 1.26 bits per heavy atom. The van der Waals surface area contributed by atoms with E-state index in [9.17, 15) is 4.79 Å². The lowest BCUT2D eigenvalue weighted by Gasteiger charge is -2.07. The molecule has 0 aliphatic rings. The van der Waals surface area contributed by atoms with Crippen LogP contribution >= 0.6 is 11.3 Å². The lowest BCUT2D eigenvalue weighted by atomic mass is 10.1. The van der Waals surface area contributed by atoms with E-state index in [0.717, 1.165) is 11.3 Å². The molecule has 0 spiro atoms. The van der Waals surface area contributed by atoms with Crippen LogP contribution in [0, 0.1) is 0 Å². The molecule has 23 heavy (non-hydrogen) atoms. The minimum absolute atomic E-state index is 0.208. The molecule has 6 nitrogen and oxygen atoms in total. The molecular formula is C16H13N5OS. The molecule has 0 saturated heterocycles. The van der Waals surface area contributed by atoms with Crippen molar-refractivity contribution >= 4 is 34.0 Å². The number of thiophene rings is 1. The van der Waals surface area contributed by atoms with Gasteiger partial charge < -0.3 is 5.32 Å².